The average Bonchev–Trinajstić information content (AvgIpc) is 2.99. The minimum Gasteiger partial charge on any atom is -0.333 e. The molecule has 0 aliphatic carbocycles. The van der Waals surface area contributed by atoms with Crippen LogP contribution >= 0.6 is 0 Å². The van der Waals surface area contributed by atoms with Crippen molar-refractivity contribution in [2.75, 3.05) is 26.7 Å². The molecule has 5 nitrogen and oxygen atoms in total. The van der Waals surface area contributed by atoms with Crippen molar-refractivity contribution < 1.29 is 4.79 Å². The zero-order chi connectivity index (χ0) is 15.1. The van der Waals surface area contributed by atoms with Crippen LogP contribution in [-0.4, -0.2) is 58.2 Å². The maximum absolute atomic E-state index is 13.0. The maximum atomic E-state index is 13.0. The zero-order valence-electron chi connectivity index (χ0n) is 13.5. The van der Waals surface area contributed by atoms with Crippen molar-refractivity contribution in [1.82, 2.24) is 19.6 Å². The fourth-order valence-corrected chi connectivity index (χ4v) is 3.76. The van der Waals surface area contributed by atoms with E-state index in [4.69, 9.17) is 0 Å². The standard InChI is InChI=1S/C16H26N4O/c1-11(2)13-8-14(19(4)17-13)16(21)20-7-5-6-12-9-18(3)10-15(12)20/h8,11-12,15H,5-7,9-10H2,1-4H3/t12-,15+/m0/s1. The molecule has 2 atom stereocenters. The van der Waals surface area contributed by atoms with Crippen molar-refractivity contribution in [3.63, 3.8) is 0 Å². The second-order valence-corrected chi connectivity index (χ2v) is 6.92. The lowest BCUT2D eigenvalue weighted by molar-refractivity contribution is 0.0560. The number of fused-ring (bicyclic) bond motifs is 1. The molecule has 1 amide bonds. The topological polar surface area (TPSA) is 41.4 Å². The average molecular weight is 290 g/mol. The van der Waals surface area contributed by atoms with Crippen LogP contribution in [0.1, 0.15) is 48.8 Å². The summed E-state index contributed by atoms with van der Waals surface area (Å²) in [5.41, 5.74) is 1.73. The third-order valence-corrected chi connectivity index (χ3v) is 4.93. The second kappa shape index (κ2) is 5.44. The van der Waals surface area contributed by atoms with E-state index in [1.54, 1.807) is 4.68 Å². The lowest BCUT2D eigenvalue weighted by atomic mass is 9.92. The van der Waals surface area contributed by atoms with Crippen molar-refractivity contribution in [3.05, 3.63) is 17.5 Å². The van der Waals surface area contributed by atoms with Crippen molar-refractivity contribution >= 4 is 5.91 Å². The van der Waals surface area contributed by atoms with Gasteiger partial charge >= 0.3 is 0 Å². The Hall–Kier alpha value is -1.36. The van der Waals surface area contributed by atoms with Gasteiger partial charge in [0.2, 0.25) is 0 Å². The van der Waals surface area contributed by atoms with Gasteiger partial charge in [0.15, 0.2) is 0 Å². The fourth-order valence-electron chi connectivity index (χ4n) is 3.76. The molecule has 2 aliphatic rings. The lowest BCUT2D eigenvalue weighted by Crippen LogP contribution is -2.48. The Labute approximate surface area is 126 Å². The van der Waals surface area contributed by atoms with Crippen LogP contribution < -0.4 is 0 Å². The Kier molecular flexibility index (Phi) is 3.78. The summed E-state index contributed by atoms with van der Waals surface area (Å²) in [4.78, 5) is 17.4. The van der Waals surface area contributed by atoms with Crippen LogP contribution in [0.4, 0.5) is 0 Å². The third kappa shape index (κ3) is 2.59. The number of likely N-dealkylation sites (N-methyl/N-ethyl adjacent to an activating group) is 1. The van der Waals surface area contributed by atoms with Crippen LogP contribution in [-0.2, 0) is 7.05 Å². The van der Waals surface area contributed by atoms with Crippen LogP contribution in [0.5, 0.6) is 0 Å². The SMILES string of the molecule is CC(C)c1cc(C(=O)N2CCC[C@H]3CN(C)C[C@H]32)n(C)n1. The summed E-state index contributed by atoms with van der Waals surface area (Å²) < 4.78 is 1.75. The molecule has 0 spiro atoms. The molecule has 0 radical (unpaired) electrons. The van der Waals surface area contributed by atoms with Gasteiger partial charge in [0.05, 0.1) is 5.69 Å². The van der Waals surface area contributed by atoms with E-state index in [1.165, 1.54) is 6.42 Å². The van der Waals surface area contributed by atoms with Crippen molar-refractivity contribution in [3.8, 4) is 0 Å². The van der Waals surface area contributed by atoms with E-state index in [2.05, 4.69) is 35.8 Å². The van der Waals surface area contributed by atoms with Gasteiger partial charge in [-0.3, -0.25) is 9.48 Å². The van der Waals surface area contributed by atoms with Crippen molar-refractivity contribution in [1.29, 1.82) is 0 Å². The summed E-state index contributed by atoms with van der Waals surface area (Å²) in [5.74, 6) is 1.15. The molecule has 0 bridgehead atoms. The van der Waals surface area contributed by atoms with E-state index in [9.17, 15) is 4.79 Å². The summed E-state index contributed by atoms with van der Waals surface area (Å²) >= 11 is 0. The number of amides is 1. The number of hydrogen-bond acceptors (Lipinski definition) is 3. The molecule has 1 aromatic heterocycles. The number of carbonyl (C=O) groups is 1. The highest BCUT2D eigenvalue weighted by atomic mass is 16.2. The monoisotopic (exact) mass is 290 g/mol. The summed E-state index contributed by atoms with van der Waals surface area (Å²) in [5, 5.41) is 4.49. The number of nitrogens with zero attached hydrogens (tertiary/aromatic N) is 4. The number of carbonyl (C=O) groups excluding carboxylic acids is 1. The van der Waals surface area contributed by atoms with Gasteiger partial charge in [-0.05, 0) is 37.8 Å². The molecular weight excluding hydrogens is 264 g/mol. The van der Waals surface area contributed by atoms with Gasteiger partial charge in [0.25, 0.3) is 5.91 Å². The Morgan fingerprint density at radius 3 is 2.76 bits per heavy atom. The molecule has 0 N–H and O–H groups in total. The van der Waals surface area contributed by atoms with E-state index in [0.717, 1.165) is 37.4 Å². The van der Waals surface area contributed by atoms with Crippen LogP contribution in [0.25, 0.3) is 0 Å². The first-order chi connectivity index (χ1) is 9.97. The highest BCUT2D eigenvalue weighted by Crippen LogP contribution is 2.31. The van der Waals surface area contributed by atoms with Gasteiger partial charge in [-0.2, -0.15) is 5.10 Å². The van der Waals surface area contributed by atoms with E-state index < -0.39 is 0 Å². The van der Waals surface area contributed by atoms with E-state index in [1.807, 2.05) is 13.1 Å². The number of hydrogen-bond donors (Lipinski definition) is 0. The number of rotatable bonds is 2. The van der Waals surface area contributed by atoms with Crippen LogP contribution in [0.15, 0.2) is 6.07 Å². The number of aryl methyl sites for hydroxylation is 1. The van der Waals surface area contributed by atoms with Gasteiger partial charge in [-0.25, -0.2) is 0 Å². The van der Waals surface area contributed by atoms with E-state index in [-0.39, 0.29) is 5.91 Å². The van der Waals surface area contributed by atoms with E-state index >= 15 is 0 Å². The highest BCUT2D eigenvalue weighted by molar-refractivity contribution is 5.93. The van der Waals surface area contributed by atoms with Gasteiger partial charge in [0, 0.05) is 32.7 Å². The quantitative estimate of drug-likeness (QED) is 0.832. The number of piperidine rings is 1. The second-order valence-electron chi connectivity index (χ2n) is 6.92. The molecular formula is C16H26N4O. The highest BCUT2D eigenvalue weighted by Gasteiger charge is 2.40. The maximum Gasteiger partial charge on any atom is 0.272 e. The van der Waals surface area contributed by atoms with Crippen LogP contribution in [0.2, 0.25) is 0 Å². The molecule has 0 aromatic carbocycles. The minimum absolute atomic E-state index is 0.155. The lowest BCUT2D eigenvalue weighted by Gasteiger charge is -2.37. The first-order valence-electron chi connectivity index (χ1n) is 8.01. The molecule has 1 aromatic rings. The van der Waals surface area contributed by atoms with E-state index in [0.29, 0.717) is 17.9 Å². The largest absolute Gasteiger partial charge is 0.333 e. The minimum atomic E-state index is 0.155. The molecule has 2 aliphatic heterocycles. The van der Waals surface area contributed by atoms with Gasteiger partial charge in [-0.15, -0.1) is 0 Å². The molecule has 3 rings (SSSR count). The number of aromatic nitrogens is 2. The smallest absolute Gasteiger partial charge is 0.272 e. The zero-order valence-corrected chi connectivity index (χ0v) is 13.5. The first-order valence-corrected chi connectivity index (χ1v) is 8.01. The fraction of sp³-hybridized carbons (Fsp3) is 0.750. The van der Waals surface area contributed by atoms with Crippen LogP contribution in [0.3, 0.4) is 0 Å². The van der Waals surface area contributed by atoms with Gasteiger partial charge in [0.1, 0.15) is 5.69 Å². The summed E-state index contributed by atoms with van der Waals surface area (Å²) in [6, 6.07) is 2.35. The van der Waals surface area contributed by atoms with Gasteiger partial charge in [-0.1, -0.05) is 13.8 Å². The summed E-state index contributed by atoms with van der Waals surface area (Å²) in [6.07, 6.45) is 2.37. The molecule has 5 heteroatoms. The van der Waals surface area contributed by atoms with Crippen LogP contribution in [0, 0.1) is 5.92 Å². The molecule has 116 valence electrons. The first kappa shape index (κ1) is 14.6. The van der Waals surface area contributed by atoms with Crippen molar-refractivity contribution in [2.45, 2.75) is 38.6 Å². The Morgan fingerprint density at radius 2 is 2.10 bits per heavy atom. The molecule has 0 saturated carbocycles. The third-order valence-electron chi connectivity index (χ3n) is 4.93. The normalized spacial score (nSPS) is 26.4. The Bertz CT molecular complexity index is 536. The van der Waals surface area contributed by atoms with Gasteiger partial charge < -0.3 is 9.80 Å². The van der Waals surface area contributed by atoms with Crippen molar-refractivity contribution in [2.24, 2.45) is 13.0 Å². The molecule has 21 heavy (non-hydrogen) atoms. The Balaban J connectivity index is 1.84. The molecule has 3 heterocycles. The predicted molar refractivity (Wildman–Crippen MR) is 82.3 cm³/mol. The molecule has 2 fully saturated rings. The predicted octanol–water partition coefficient (Wildman–Crippen LogP) is 1.71. The molecule has 2 saturated heterocycles. The Morgan fingerprint density at radius 1 is 1.33 bits per heavy atom. The summed E-state index contributed by atoms with van der Waals surface area (Å²) in [6.45, 7) is 7.23. The molecule has 0 unspecified atom stereocenters. The number of likely N-dealkylation sites (tertiary alicyclic amines) is 2. The summed E-state index contributed by atoms with van der Waals surface area (Å²) in [7, 11) is 4.03.